The zero-order valence-electron chi connectivity index (χ0n) is 17.9. The Kier molecular flexibility index (Phi) is 7.42. The van der Waals surface area contributed by atoms with Crippen molar-refractivity contribution in [3.8, 4) is 5.69 Å². The number of esters is 1. The molecule has 9 heteroatoms. The van der Waals surface area contributed by atoms with Crippen molar-refractivity contribution in [2.45, 2.75) is 20.8 Å². The standard InChI is InChI=1S/C23H23BrN4O4/c1-14-4-10-19(11-5-14)28-16(3)22(15(2)27-28)26-20(29)13-32-21(30)12-25-23(31)17-6-8-18(24)9-7-17/h4-11H,12-13H2,1-3H3,(H,25,31)(H,26,29). The maximum absolute atomic E-state index is 12.3. The third kappa shape index (κ3) is 5.82. The number of carbonyl (C=O) groups is 3. The van der Waals surface area contributed by atoms with Gasteiger partial charge in [0, 0.05) is 10.0 Å². The summed E-state index contributed by atoms with van der Waals surface area (Å²) in [6.45, 7) is 4.83. The Labute approximate surface area is 194 Å². The first-order valence-corrected chi connectivity index (χ1v) is 10.7. The smallest absolute Gasteiger partial charge is 0.325 e. The summed E-state index contributed by atoms with van der Waals surface area (Å²) >= 11 is 3.29. The molecule has 0 aliphatic rings. The highest BCUT2D eigenvalue weighted by Crippen LogP contribution is 2.23. The van der Waals surface area contributed by atoms with E-state index in [2.05, 4.69) is 31.7 Å². The van der Waals surface area contributed by atoms with Gasteiger partial charge in [0.25, 0.3) is 11.8 Å². The number of anilines is 1. The molecule has 0 saturated carbocycles. The van der Waals surface area contributed by atoms with Gasteiger partial charge in [-0.25, -0.2) is 4.68 Å². The van der Waals surface area contributed by atoms with Crippen molar-refractivity contribution in [3.63, 3.8) is 0 Å². The van der Waals surface area contributed by atoms with E-state index in [0.717, 1.165) is 21.4 Å². The predicted octanol–water partition coefficient (Wildman–Crippen LogP) is 3.47. The molecule has 0 radical (unpaired) electrons. The normalized spacial score (nSPS) is 10.5. The van der Waals surface area contributed by atoms with Crippen molar-refractivity contribution < 1.29 is 19.1 Å². The van der Waals surface area contributed by atoms with Crippen molar-refractivity contribution in [1.29, 1.82) is 0 Å². The number of amides is 2. The third-order valence-electron chi connectivity index (χ3n) is 4.70. The number of rotatable bonds is 7. The molecule has 1 aromatic heterocycles. The van der Waals surface area contributed by atoms with Crippen molar-refractivity contribution in [2.75, 3.05) is 18.5 Å². The number of nitrogens with zero attached hydrogens (tertiary/aromatic N) is 2. The fourth-order valence-corrected chi connectivity index (χ4v) is 3.25. The second-order valence-electron chi connectivity index (χ2n) is 7.19. The molecule has 3 rings (SSSR count). The molecule has 0 spiro atoms. The SMILES string of the molecule is Cc1ccc(-n2nc(C)c(NC(=O)COC(=O)CNC(=O)c3ccc(Br)cc3)c2C)cc1. The molecule has 2 aromatic carbocycles. The Morgan fingerprint density at radius 1 is 1.00 bits per heavy atom. The number of aromatic nitrogens is 2. The molecule has 0 aliphatic heterocycles. The van der Waals surface area contributed by atoms with Gasteiger partial charge in [0.1, 0.15) is 6.54 Å². The van der Waals surface area contributed by atoms with Gasteiger partial charge in [0.2, 0.25) is 0 Å². The van der Waals surface area contributed by atoms with Crippen molar-refractivity contribution in [3.05, 3.63) is 75.5 Å². The fourth-order valence-electron chi connectivity index (χ4n) is 2.99. The molecule has 3 aromatic rings. The monoisotopic (exact) mass is 498 g/mol. The zero-order valence-corrected chi connectivity index (χ0v) is 19.5. The second-order valence-corrected chi connectivity index (χ2v) is 8.11. The Balaban J connectivity index is 1.51. The van der Waals surface area contributed by atoms with Crippen LogP contribution in [-0.4, -0.2) is 40.7 Å². The topological polar surface area (TPSA) is 102 Å². The minimum atomic E-state index is -0.714. The number of hydrogen-bond acceptors (Lipinski definition) is 5. The Bertz CT molecular complexity index is 1140. The maximum atomic E-state index is 12.3. The van der Waals surface area contributed by atoms with Crippen molar-refractivity contribution in [1.82, 2.24) is 15.1 Å². The first-order chi connectivity index (χ1) is 15.2. The van der Waals surface area contributed by atoms with Gasteiger partial charge in [0.05, 0.1) is 22.8 Å². The molecule has 1 heterocycles. The van der Waals surface area contributed by atoms with Crippen LogP contribution >= 0.6 is 15.9 Å². The maximum Gasteiger partial charge on any atom is 0.325 e. The van der Waals surface area contributed by atoms with E-state index < -0.39 is 24.4 Å². The van der Waals surface area contributed by atoms with E-state index in [1.807, 2.05) is 38.1 Å². The number of hydrogen-bond donors (Lipinski definition) is 2. The van der Waals surface area contributed by atoms with E-state index in [1.165, 1.54) is 0 Å². The number of nitrogens with one attached hydrogen (secondary N) is 2. The lowest BCUT2D eigenvalue weighted by Crippen LogP contribution is -2.32. The fraction of sp³-hybridized carbons (Fsp3) is 0.217. The van der Waals surface area contributed by atoms with E-state index in [1.54, 1.807) is 35.9 Å². The van der Waals surface area contributed by atoms with E-state index in [0.29, 0.717) is 16.9 Å². The first kappa shape index (κ1) is 23.2. The lowest BCUT2D eigenvalue weighted by molar-refractivity contribution is -0.146. The number of aryl methyl sites for hydroxylation is 2. The molecule has 0 bridgehead atoms. The van der Waals surface area contributed by atoms with E-state index in [9.17, 15) is 14.4 Å². The average molecular weight is 499 g/mol. The first-order valence-electron chi connectivity index (χ1n) is 9.87. The summed E-state index contributed by atoms with van der Waals surface area (Å²) in [7, 11) is 0. The molecule has 2 amide bonds. The van der Waals surface area contributed by atoms with Gasteiger partial charge < -0.3 is 15.4 Å². The van der Waals surface area contributed by atoms with Gasteiger partial charge in [-0.15, -0.1) is 0 Å². The van der Waals surface area contributed by atoms with Crippen LogP contribution < -0.4 is 10.6 Å². The average Bonchev–Trinajstić information content (AvgIpc) is 3.05. The van der Waals surface area contributed by atoms with Crippen LogP contribution in [0.15, 0.2) is 53.0 Å². The quantitative estimate of drug-likeness (QED) is 0.485. The van der Waals surface area contributed by atoms with Crippen molar-refractivity contribution in [2.24, 2.45) is 0 Å². The molecule has 0 saturated heterocycles. The van der Waals surface area contributed by atoms with Crippen LogP contribution in [0.25, 0.3) is 5.69 Å². The van der Waals surface area contributed by atoms with Crippen LogP contribution in [0.2, 0.25) is 0 Å². The van der Waals surface area contributed by atoms with Crippen LogP contribution in [0.5, 0.6) is 0 Å². The number of benzene rings is 2. The zero-order chi connectivity index (χ0) is 23.3. The highest BCUT2D eigenvalue weighted by Gasteiger charge is 2.17. The number of ether oxygens (including phenoxy) is 1. The largest absolute Gasteiger partial charge is 0.454 e. The van der Waals surface area contributed by atoms with E-state index in [-0.39, 0.29) is 6.54 Å². The van der Waals surface area contributed by atoms with Gasteiger partial charge in [-0.3, -0.25) is 14.4 Å². The van der Waals surface area contributed by atoms with Gasteiger partial charge in [0.15, 0.2) is 6.61 Å². The summed E-state index contributed by atoms with van der Waals surface area (Å²) in [5.74, 6) is -1.62. The van der Waals surface area contributed by atoms with Crippen LogP contribution in [-0.2, 0) is 14.3 Å². The lowest BCUT2D eigenvalue weighted by Gasteiger charge is -2.09. The van der Waals surface area contributed by atoms with Gasteiger partial charge >= 0.3 is 5.97 Å². The summed E-state index contributed by atoms with van der Waals surface area (Å²) in [6, 6.07) is 14.6. The number of carbonyl (C=O) groups excluding carboxylic acids is 3. The Morgan fingerprint density at radius 3 is 2.31 bits per heavy atom. The highest BCUT2D eigenvalue weighted by molar-refractivity contribution is 9.10. The highest BCUT2D eigenvalue weighted by atomic mass is 79.9. The van der Waals surface area contributed by atoms with Crippen LogP contribution in [0.4, 0.5) is 5.69 Å². The summed E-state index contributed by atoms with van der Waals surface area (Å²) in [5, 5.41) is 9.69. The predicted molar refractivity (Wildman–Crippen MR) is 124 cm³/mol. The minimum absolute atomic E-state index is 0.342. The molecule has 8 nitrogen and oxygen atoms in total. The van der Waals surface area contributed by atoms with E-state index in [4.69, 9.17) is 4.74 Å². The lowest BCUT2D eigenvalue weighted by atomic mass is 10.2. The Morgan fingerprint density at radius 2 is 1.66 bits per heavy atom. The van der Waals surface area contributed by atoms with Crippen LogP contribution in [0, 0.1) is 20.8 Å². The molecule has 32 heavy (non-hydrogen) atoms. The van der Waals surface area contributed by atoms with Gasteiger partial charge in [-0.1, -0.05) is 33.6 Å². The molecule has 0 atom stereocenters. The Hall–Kier alpha value is -3.46. The van der Waals surface area contributed by atoms with Crippen LogP contribution in [0.1, 0.15) is 27.3 Å². The molecule has 2 N–H and O–H groups in total. The molecule has 0 fully saturated rings. The number of halogens is 1. The summed E-state index contributed by atoms with van der Waals surface area (Å²) < 4.78 is 7.55. The third-order valence-corrected chi connectivity index (χ3v) is 5.23. The molecular weight excluding hydrogens is 476 g/mol. The second kappa shape index (κ2) is 10.2. The summed E-state index contributed by atoms with van der Waals surface area (Å²) in [4.78, 5) is 36.2. The molecule has 0 aliphatic carbocycles. The van der Waals surface area contributed by atoms with E-state index >= 15 is 0 Å². The molecular formula is C23H23BrN4O4. The van der Waals surface area contributed by atoms with Crippen molar-refractivity contribution >= 4 is 39.4 Å². The molecule has 166 valence electrons. The minimum Gasteiger partial charge on any atom is -0.454 e. The van der Waals surface area contributed by atoms with Crippen LogP contribution in [0.3, 0.4) is 0 Å². The van der Waals surface area contributed by atoms with Gasteiger partial charge in [-0.2, -0.15) is 5.10 Å². The summed E-state index contributed by atoms with van der Waals surface area (Å²) in [6.07, 6.45) is 0. The molecule has 0 unspecified atom stereocenters. The summed E-state index contributed by atoms with van der Waals surface area (Å²) in [5.41, 5.74) is 4.39. The van der Waals surface area contributed by atoms with Gasteiger partial charge in [-0.05, 0) is 57.2 Å².